The number of amides is 2. The zero-order valence-corrected chi connectivity index (χ0v) is 18.7. The number of pyridine rings is 1. The lowest BCUT2D eigenvalue weighted by atomic mass is 9.44. The summed E-state index contributed by atoms with van der Waals surface area (Å²) in [5.74, 6) is -0.663. The van der Waals surface area contributed by atoms with Crippen LogP contribution in [0, 0.1) is 0 Å². The molecule has 0 saturated heterocycles. The first kappa shape index (κ1) is 22.9. The van der Waals surface area contributed by atoms with Gasteiger partial charge >= 0.3 is 6.36 Å². The molecular weight excluding hydrogens is 502 g/mol. The molecule has 8 nitrogen and oxygen atoms in total. The van der Waals surface area contributed by atoms with Crippen molar-refractivity contribution in [1.29, 1.82) is 0 Å². The van der Waals surface area contributed by atoms with Crippen molar-refractivity contribution >= 4 is 35.0 Å². The van der Waals surface area contributed by atoms with E-state index in [-0.39, 0.29) is 23.2 Å². The summed E-state index contributed by atoms with van der Waals surface area (Å²) in [7, 11) is 0. The highest BCUT2D eigenvalue weighted by Gasteiger charge is 2.69. The lowest BCUT2D eigenvalue weighted by Gasteiger charge is -2.70. The lowest BCUT2D eigenvalue weighted by molar-refractivity contribution is -0.274. The number of nitrogens with one attached hydrogen (secondary N) is 2. The molecule has 13 heteroatoms. The van der Waals surface area contributed by atoms with Crippen LogP contribution in [0.1, 0.15) is 29.8 Å². The topological polar surface area (TPSA) is 98.8 Å². The van der Waals surface area contributed by atoms with Gasteiger partial charge in [-0.05, 0) is 31.4 Å². The van der Waals surface area contributed by atoms with Gasteiger partial charge in [-0.2, -0.15) is 0 Å². The van der Waals surface area contributed by atoms with E-state index in [0.29, 0.717) is 35.8 Å². The van der Waals surface area contributed by atoms with Gasteiger partial charge in [0.05, 0.1) is 16.2 Å². The average molecular weight is 518 g/mol. The Labute approximate surface area is 200 Å². The number of fused-ring (bicyclic) bond motifs is 1. The Hall–Kier alpha value is -2.92. The summed E-state index contributed by atoms with van der Waals surface area (Å²) in [5.41, 5.74) is -0.986. The first-order chi connectivity index (χ1) is 15.9. The fourth-order valence-corrected chi connectivity index (χ4v) is 4.91. The van der Waals surface area contributed by atoms with Gasteiger partial charge in [0, 0.05) is 23.2 Å². The van der Waals surface area contributed by atoms with Crippen molar-refractivity contribution in [3.8, 4) is 17.2 Å². The van der Waals surface area contributed by atoms with Gasteiger partial charge in [0.1, 0.15) is 18.1 Å². The third kappa shape index (κ3) is 4.29. The SMILES string of the molecule is O=C(NC12CC(NC(=O)C3COc4cc(Cl)c(Cl)cc4O3)(C1)C2)c1ccc(OC(F)(F)F)cn1. The number of rotatable bonds is 5. The molecule has 2 aromatic rings. The molecule has 1 aliphatic heterocycles. The minimum atomic E-state index is -4.84. The number of halogens is 5. The number of ether oxygens (including phenoxy) is 3. The Morgan fingerprint density at radius 1 is 1.06 bits per heavy atom. The van der Waals surface area contributed by atoms with E-state index in [1.165, 1.54) is 12.1 Å². The molecule has 6 rings (SSSR count). The van der Waals surface area contributed by atoms with Crippen molar-refractivity contribution < 1.29 is 37.0 Å². The highest BCUT2D eigenvalue weighted by molar-refractivity contribution is 6.42. The fourth-order valence-electron chi connectivity index (χ4n) is 4.61. The first-order valence-corrected chi connectivity index (χ1v) is 10.9. The van der Waals surface area contributed by atoms with E-state index >= 15 is 0 Å². The van der Waals surface area contributed by atoms with Crippen LogP contribution in [0.4, 0.5) is 13.2 Å². The van der Waals surface area contributed by atoms with Gasteiger partial charge in [-0.15, -0.1) is 13.2 Å². The number of aromatic nitrogens is 1. The van der Waals surface area contributed by atoms with Crippen LogP contribution >= 0.6 is 23.2 Å². The van der Waals surface area contributed by atoms with Crippen molar-refractivity contribution in [1.82, 2.24) is 15.6 Å². The van der Waals surface area contributed by atoms with E-state index in [2.05, 4.69) is 20.4 Å². The minimum Gasteiger partial charge on any atom is -0.485 e. The van der Waals surface area contributed by atoms with Gasteiger partial charge in [-0.25, -0.2) is 4.98 Å². The Morgan fingerprint density at radius 3 is 2.32 bits per heavy atom. The smallest absolute Gasteiger partial charge is 0.485 e. The number of hydrogen-bond acceptors (Lipinski definition) is 6. The number of carbonyl (C=O) groups excluding carboxylic acids is 2. The summed E-state index contributed by atoms with van der Waals surface area (Å²) in [6, 6.07) is 5.18. The Morgan fingerprint density at radius 2 is 1.71 bits per heavy atom. The van der Waals surface area contributed by atoms with E-state index < -0.39 is 35.2 Å². The second-order valence-corrected chi connectivity index (χ2v) is 9.41. The summed E-state index contributed by atoms with van der Waals surface area (Å²) in [5, 5.41) is 6.40. The maximum absolute atomic E-state index is 12.7. The van der Waals surface area contributed by atoms with Gasteiger partial charge in [-0.3, -0.25) is 9.59 Å². The van der Waals surface area contributed by atoms with Gasteiger partial charge < -0.3 is 24.8 Å². The predicted molar refractivity (Wildman–Crippen MR) is 112 cm³/mol. The molecule has 34 heavy (non-hydrogen) atoms. The van der Waals surface area contributed by atoms with E-state index in [0.717, 1.165) is 18.3 Å². The monoisotopic (exact) mass is 517 g/mol. The van der Waals surface area contributed by atoms with Gasteiger partial charge in [0.2, 0.25) is 6.10 Å². The molecule has 1 unspecified atom stereocenters. The molecule has 2 bridgehead atoms. The van der Waals surface area contributed by atoms with Crippen LogP contribution in [-0.4, -0.2) is 46.9 Å². The van der Waals surface area contributed by atoms with E-state index in [1.807, 2.05) is 0 Å². The highest BCUT2D eigenvalue weighted by atomic mass is 35.5. The molecule has 180 valence electrons. The van der Waals surface area contributed by atoms with Crippen molar-refractivity contribution in [2.45, 2.75) is 42.8 Å². The summed E-state index contributed by atoms with van der Waals surface area (Å²) >= 11 is 11.9. The number of nitrogens with zero attached hydrogens (tertiary/aromatic N) is 1. The molecule has 0 radical (unpaired) electrons. The lowest BCUT2D eigenvalue weighted by Crippen LogP contribution is -2.84. The van der Waals surface area contributed by atoms with Crippen molar-refractivity contribution in [2.75, 3.05) is 6.61 Å². The summed E-state index contributed by atoms with van der Waals surface area (Å²) in [6.45, 7) is 0.00840. The van der Waals surface area contributed by atoms with Crippen LogP contribution in [-0.2, 0) is 4.79 Å². The normalized spacial score (nSPS) is 26.6. The molecule has 1 aromatic heterocycles. The van der Waals surface area contributed by atoms with E-state index in [1.54, 1.807) is 0 Å². The van der Waals surface area contributed by atoms with Crippen molar-refractivity contribution in [3.63, 3.8) is 0 Å². The third-order valence-corrected chi connectivity index (χ3v) is 6.66. The van der Waals surface area contributed by atoms with Crippen LogP contribution in [0.2, 0.25) is 10.0 Å². The zero-order valence-electron chi connectivity index (χ0n) is 17.2. The maximum atomic E-state index is 12.7. The largest absolute Gasteiger partial charge is 0.573 e. The summed E-state index contributed by atoms with van der Waals surface area (Å²) in [4.78, 5) is 28.9. The highest BCUT2D eigenvalue weighted by Crippen LogP contribution is 2.60. The molecular formula is C21H16Cl2F3N3O5. The Kier molecular flexibility index (Phi) is 5.25. The molecule has 1 aromatic carbocycles. The zero-order chi connectivity index (χ0) is 24.3. The van der Waals surface area contributed by atoms with Crippen LogP contribution in [0.5, 0.6) is 17.2 Å². The molecule has 3 aliphatic carbocycles. The van der Waals surface area contributed by atoms with Crippen LogP contribution in [0.25, 0.3) is 0 Å². The maximum Gasteiger partial charge on any atom is 0.573 e. The fraction of sp³-hybridized carbons (Fsp3) is 0.381. The molecule has 2 amide bonds. The molecule has 1 atom stereocenters. The molecule has 4 aliphatic rings. The third-order valence-electron chi connectivity index (χ3n) is 5.94. The molecule has 2 heterocycles. The van der Waals surface area contributed by atoms with E-state index in [4.69, 9.17) is 32.7 Å². The Bertz CT molecular complexity index is 1160. The standard InChI is InChI=1S/C21H16Cl2F3N3O5/c22-11-3-14-15(4-12(11)23)33-16(6-32-14)18(31)29-20-7-19(8-20,9-20)28-17(30)13-2-1-10(5-27-13)34-21(24,25)26/h1-5,16H,6-9H2,(H,28,30)(H,29,31). The number of alkyl halides is 3. The number of benzene rings is 1. The summed E-state index contributed by atoms with van der Waals surface area (Å²) in [6.07, 6.45) is -3.34. The van der Waals surface area contributed by atoms with Crippen LogP contribution < -0.4 is 24.8 Å². The number of carbonyl (C=O) groups is 2. The van der Waals surface area contributed by atoms with Crippen molar-refractivity contribution in [2.24, 2.45) is 0 Å². The second-order valence-electron chi connectivity index (χ2n) is 8.59. The van der Waals surface area contributed by atoms with Gasteiger partial charge in [0.25, 0.3) is 11.8 Å². The average Bonchev–Trinajstić information content (AvgIpc) is 2.71. The first-order valence-electron chi connectivity index (χ1n) is 10.1. The van der Waals surface area contributed by atoms with Crippen LogP contribution in [0.15, 0.2) is 30.5 Å². The van der Waals surface area contributed by atoms with Gasteiger partial charge in [-0.1, -0.05) is 23.2 Å². The van der Waals surface area contributed by atoms with Gasteiger partial charge in [0.15, 0.2) is 11.5 Å². The second kappa shape index (κ2) is 7.81. The summed E-state index contributed by atoms with van der Waals surface area (Å²) < 4.78 is 51.7. The molecule has 2 N–H and O–H groups in total. The molecule has 3 fully saturated rings. The molecule has 0 spiro atoms. The quantitative estimate of drug-likeness (QED) is 0.628. The predicted octanol–water partition coefficient (Wildman–Crippen LogP) is 3.65. The minimum absolute atomic E-state index is 0.00840. The Balaban J connectivity index is 1.13. The molecule has 3 saturated carbocycles. The van der Waals surface area contributed by atoms with Crippen molar-refractivity contribution in [3.05, 3.63) is 46.2 Å². The van der Waals surface area contributed by atoms with Crippen LogP contribution in [0.3, 0.4) is 0 Å². The van der Waals surface area contributed by atoms with E-state index in [9.17, 15) is 22.8 Å². The number of hydrogen-bond donors (Lipinski definition) is 2.